The van der Waals surface area contributed by atoms with Crippen molar-refractivity contribution in [1.82, 2.24) is 0 Å². The first kappa shape index (κ1) is 9.02. The van der Waals surface area contributed by atoms with Gasteiger partial charge in [-0.3, -0.25) is 0 Å². The van der Waals surface area contributed by atoms with Crippen LogP contribution in [-0.4, -0.2) is 0 Å². The van der Waals surface area contributed by atoms with E-state index >= 15 is 0 Å². The van der Waals surface area contributed by atoms with Gasteiger partial charge in [-0.1, -0.05) is 0 Å². The molecule has 0 heterocycles. The van der Waals surface area contributed by atoms with Gasteiger partial charge in [0.05, 0.1) is 0 Å². The average molecular weight is 389 g/mol. The Morgan fingerprint density at radius 3 is 0.750 bits per heavy atom. The first-order valence-electron chi connectivity index (χ1n) is 0.408. The number of hydrogen-bond acceptors (Lipinski definition) is 2. The molecule has 2 nitrogen and oxygen atoms in total. The Balaban J connectivity index is 0. The molecule has 0 fully saturated rings. The van der Waals surface area contributed by atoms with E-state index in [2.05, 4.69) is 0 Å². The second kappa shape index (κ2) is 27.0. The molecule has 0 atom stereocenters. The van der Waals surface area contributed by atoms with Crippen LogP contribution in [0.1, 0.15) is 0 Å². The molecule has 0 bridgehead atoms. The first-order valence-corrected chi connectivity index (χ1v) is 3.34. The minimum absolute atomic E-state index is 0.0556. The van der Waals surface area contributed by atoms with Gasteiger partial charge in [-0.05, 0) is 0 Å². The quantitative estimate of drug-likeness (QED) is 0.537. The van der Waals surface area contributed by atoms with Crippen LogP contribution in [0.15, 0.2) is 0 Å². The number of rotatable bonds is 0. The van der Waals surface area contributed by atoms with Gasteiger partial charge >= 0.3 is 54.5 Å². The van der Waals surface area contributed by atoms with Crippen LogP contribution in [0.2, 0.25) is 0 Å². The molecule has 0 N–H and O–H groups in total. The maximum atomic E-state index is 8.39. The van der Waals surface area contributed by atoms with Crippen molar-refractivity contribution in [3.63, 3.8) is 0 Å². The summed E-state index contributed by atoms with van der Waals surface area (Å²) in [6.45, 7) is 0. The Bertz CT molecular complexity index is 6.00. The van der Waals surface area contributed by atoms with Gasteiger partial charge in [0.1, 0.15) is 0 Å². The molecule has 0 aromatic carbocycles. The van der Waals surface area contributed by atoms with Gasteiger partial charge < -0.3 is 0 Å². The summed E-state index contributed by atoms with van der Waals surface area (Å²) in [4.78, 5) is 0. The van der Waals surface area contributed by atoms with Gasteiger partial charge in [-0.2, -0.15) is 0 Å². The molecule has 0 unspecified atom stereocenters. The van der Waals surface area contributed by atoms with Crippen molar-refractivity contribution >= 4 is 0 Å². The van der Waals surface area contributed by atoms with Crippen LogP contribution in [0.25, 0.3) is 0 Å². The van der Waals surface area contributed by atoms with Crippen molar-refractivity contribution in [2.75, 3.05) is 0 Å². The molecule has 0 radical (unpaired) electrons. The zero-order valence-electron chi connectivity index (χ0n) is 1.82. The normalized spacial score (nSPS) is 1.50. The summed E-state index contributed by atoms with van der Waals surface area (Å²) in [6.07, 6.45) is 0. The topological polar surface area (TPSA) is 34.1 Å². The Morgan fingerprint density at radius 2 is 0.750 bits per heavy atom. The third-order valence-electron chi connectivity index (χ3n) is 0. The third-order valence-corrected chi connectivity index (χ3v) is 0. The van der Waals surface area contributed by atoms with Crippen LogP contribution >= 0.6 is 0 Å². The molecule has 0 aliphatic carbocycles. The van der Waals surface area contributed by atoms with Gasteiger partial charge in [-0.15, -0.1) is 0 Å². The fourth-order valence-electron chi connectivity index (χ4n) is 0. The second-order valence-electron chi connectivity index (χ2n) is 0. The van der Waals surface area contributed by atoms with Crippen molar-refractivity contribution in [3.8, 4) is 0 Å². The summed E-state index contributed by atoms with van der Waals surface area (Å²) in [5, 5.41) is 0. The Morgan fingerprint density at radius 1 is 0.750 bits per heavy atom. The summed E-state index contributed by atoms with van der Waals surface area (Å²) >= 11 is 0.111. The fraction of sp³-hybridized carbons (Fsp3) is 0. The van der Waals surface area contributed by atoms with E-state index in [1.807, 2.05) is 0 Å². The summed E-state index contributed by atoms with van der Waals surface area (Å²) in [5.74, 6) is 0. The molecule has 0 aliphatic rings. The van der Waals surface area contributed by atoms with Crippen molar-refractivity contribution < 1.29 is 54.5 Å². The van der Waals surface area contributed by atoms with Crippen molar-refractivity contribution in [3.05, 3.63) is 0 Å². The first-order chi connectivity index (χ1) is 2.00. The molecule has 0 rings (SSSR count). The zero-order chi connectivity index (χ0) is 4.00. The van der Waals surface area contributed by atoms with Gasteiger partial charge in [0.15, 0.2) is 0 Å². The van der Waals surface area contributed by atoms with Crippen molar-refractivity contribution in [2.24, 2.45) is 0 Å². The third kappa shape index (κ3) is 10.2. The van der Waals surface area contributed by atoms with E-state index in [4.69, 9.17) is 5.71 Å². The Kier molecular flexibility index (Phi) is 60.8. The van der Waals surface area contributed by atoms with Crippen LogP contribution < -0.4 is 0 Å². The van der Waals surface area contributed by atoms with Gasteiger partial charge in [0, 0.05) is 0 Å². The molecule has 0 aliphatic heterocycles. The molecule has 0 spiro atoms. The molecule has 0 aromatic heterocycles. The van der Waals surface area contributed by atoms with E-state index in [0.717, 1.165) is 0 Å². The molecule has 0 saturated carbocycles. The van der Waals surface area contributed by atoms with E-state index in [-0.39, 0.29) is 48.8 Å². The van der Waals surface area contributed by atoms with Gasteiger partial charge in [0.2, 0.25) is 0 Å². The Hall–Kier alpha value is 1.34. The molecule has 20 valence electrons. The van der Waals surface area contributed by atoms with Crippen LogP contribution in [-0.2, 0) is 54.5 Å². The Labute approximate surface area is 54.0 Å². The molecule has 0 amide bonds. The van der Waals surface area contributed by atoms with Crippen molar-refractivity contribution in [2.45, 2.75) is 0 Å². The van der Waals surface area contributed by atoms with Crippen LogP contribution in [0.3, 0.4) is 0 Å². The van der Waals surface area contributed by atoms with E-state index in [0.29, 0.717) is 0 Å². The summed E-state index contributed by atoms with van der Waals surface area (Å²) in [5.41, 5.74) is 0. The van der Waals surface area contributed by atoms with E-state index in [1.54, 1.807) is 0 Å². The van der Waals surface area contributed by atoms with Gasteiger partial charge in [0.25, 0.3) is 0 Å². The zero-order valence-corrected chi connectivity index (χ0v) is 9.00. The predicted octanol–water partition coefficient (Wildman–Crippen LogP) is -0.243. The minimum atomic E-state index is 0.0556. The molecule has 4 heavy (non-hydrogen) atoms. The molecule has 0 saturated heterocycles. The van der Waals surface area contributed by atoms with E-state index < -0.39 is 0 Å². The summed E-state index contributed by atoms with van der Waals surface area (Å²) in [7, 11) is 0. The molecular weight excluding hydrogens is 389 g/mol. The maximum absolute atomic E-state index is 8.39. The van der Waals surface area contributed by atoms with Crippen LogP contribution in [0.4, 0.5) is 0 Å². The standard InChI is InChI=1S/2Hf.2O. The number of hydrogen-bond donors (Lipinski definition) is 0. The molecule has 0 aromatic rings. The van der Waals surface area contributed by atoms with Crippen molar-refractivity contribution in [1.29, 1.82) is 0 Å². The summed E-state index contributed by atoms with van der Waals surface area (Å²) in [6, 6.07) is 0. The van der Waals surface area contributed by atoms with E-state index in [9.17, 15) is 0 Å². The molecular formula is Hf2O2. The fourth-order valence-corrected chi connectivity index (χ4v) is 0. The predicted molar refractivity (Wildman–Crippen MR) is 1.37 cm³/mol. The monoisotopic (exact) mass is 392 g/mol. The van der Waals surface area contributed by atoms with Crippen LogP contribution in [0, 0.1) is 0 Å². The van der Waals surface area contributed by atoms with Crippen LogP contribution in [0.5, 0.6) is 0 Å². The second-order valence-corrected chi connectivity index (χ2v) is 0. The molecule has 4 heteroatoms. The average Bonchev–Trinajstić information content (AvgIpc) is 1.50. The van der Waals surface area contributed by atoms with E-state index in [1.165, 1.54) is 0 Å². The SMILES string of the molecule is [O]=[Hf].[O]=[Hf]. The summed E-state index contributed by atoms with van der Waals surface area (Å²) < 4.78 is 16.8. The van der Waals surface area contributed by atoms with Gasteiger partial charge in [-0.25, -0.2) is 0 Å².